The molecule has 0 saturated carbocycles. The second-order valence-electron chi connectivity index (χ2n) is 10.5. The van der Waals surface area contributed by atoms with Gasteiger partial charge in [0.1, 0.15) is 18.2 Å². The molecule has 0 aliphatic heterocycles. The number of carbonyl (C=O) groups is 4. The number of carbonyl (C=O) groups excluding carboxylic acids is 4. The quantitative estimate of drug-likeness (QED) is 0.277. The van der Waals surface area contributed by atoms with Crippen LogP contribution in [0.5, 0.6) is 11.5 Å². The fourth-order valence-corrected chi connectivity index (χ4v) is 2.71. The van der Waals surface area contributed by atoms with E-state index in [1.807, 2.05) is 13.8 Å². The molecule has 0 spiro atoms. The molecule has 1 unspecified atom stereocenters. The van der Waals surface area contributed by atoms with E-state index in [-0.39, 0.29) is 24.5 Å². The van der Waals surface area contributed by atoms with E-state index in [9.17, 15) is 19.2 Å². The third-order valence-electron chi connectivity index (χ3n) is 6.55. The summed E-state index contributed by atoms with van der Waals surface area (Å²) in [5, 5.41) is 0. The number of hydrogen-bond acceptors (Lipinski definition) is 10. The second kappa shape index (κ2) is 14.1. The lowest BCUT2D eigenvalue weighted by atomic mass is 9.90. The number of rotatable bonds is 13. The summed E-state index contributed by atoms with van der Waals surface area (Å²) in [5.74, 6) is -1.51. The summed E-state index contributed by atoms with van der Waals surface area (Å²) in [5.41, 5.74) is 5.14. The van der Waals surface area contributed by atoms with Gasteiger partial charge in [0.05, 0.1) is 17.4 Å². The maximum atomic E-state index is 12.8. The molecule has 0 saturated heterocycles. The highest BCUT2D eigenvalue weighted by Gasteiger charge is 2.32. The molecule has 10 nitrogen and oxygen atoms in total. The number of hydrogen-bond donors (Lipinski definition) is 1. The van der Waals surface area contributed by atoms with Crippen molar-refractivity contribution in [2.75, 3.05) is 6.61 Å². The first kappa shape index (κ1) is 32.9. The van der Waals surface area contributed by atoms with Crippen molar-refractivity contribution in [2.45, 2.75) is 99.8 Å². The lowest BCUT2D eigenvalue weighted by Gasteiger charge is -2.24. The molecule has 10 heteroatoms. The monoisotopic (exact) mass is 537 g/mol. The van der Waals surface area contributed by atoms with Crippen LogP contribution in [0, 0.1) is 10.8 Å². The maximum Gasteiger partial charge on any atom is 0.508 e. The summed E-state index contributed by atoms with van der Waals surface area (Å²) in [4.78, 5) is 49.6. The Labute approximate surface area is 225 Å². The van der Waals surface area contributed by atoms with Gasteiger partial charge >= 0.3 is 24.1 Å². The van der Waals surface area contributed by atoms with Crippen LogP contribution in [0.1, 0.15) is 80.7 Å². The van der Waals surface area contributed by atoms with Gasteiger partial charge in [0.2, 0.25) is 0 Å². The third-order valence-corrected chi connectivity index (χ3v) is 6.55. The molecule has 3 atom stereocenters. The van der Waals surface area contributed by atoms with Crippen molar-refractivity contribution in [3.63, 3.8) is 0 Å². The first-order valence-electron chi connectivity index (χ1n) is 12.9. The van der Waals surface area contributed by atoms with Gasteiger partial charge in [-0.3, -0.25) is 14.4 Å². The minimum atomic E-state index is -1.06. The fraction of sp³-hybridized carbons (Fsp3) is 0.643. The first-order valence-corrected chi connectivity index (χ1v) is 12.9. The van der Waals surface area contributed by atoms with Crippen LogP contribution in [-0.2, 0) is 35.0 Å². The van der Waals surface area contributed by atoms with Gasteiger partial charge in [-0.15, -0.1) is 0 Å². The average Bonchev–Trinajstić information content (AvgIpc) is 2.85. The molecule has 0 aliphatic carbocycles. The summed E-state index contributed by atoms with van der Waals surface area (Å²) in [6.07, 6.45) is -1.23. The zero-order valence-corrected chi connectivity index (χ0v) is 24.0. The molecule has 0 bridgehead atoms. The van der Waals surface area contributed by atoms with Crippen LogP contribution < -0.4 is 15.2 Å². The molecule has 0 amide bonds. The topological polar surface area (TPSA) is 140 Å². The minimum absolute atomic E-state index is 0.0507. The van der Waals surface area contributed by atoms with E-state index < -0.39 is 53.1 Å². The van der Waals surface area contributed by atoms with E-state index in [1.165, 1.54) is 12.1 Å². The molecule has 1 aromatic rings. The van der Waals surface area contributed by atoms with Crippen LogP contribution in [0.25, 0.3) is 0 Å². The van der Waals surface area contributed by atoms with Crippen LogP contribution in [0.2, 0.25) is 0 Å². The largest absolute Gasteiger partial charge is 0.508 e. The predicted molar refractivity (Wildman–Crippen MR) is 141 cm³/mol. The smallest absolute Gasteiger partial charge is 0.458 e. The molecule has 38 heavy (non-hydrogen) atoms. The van der Waals surface area contributed by atoms with Crippen molar-refractivity contribution in [3.8, 4) is 11.5 Å². The van der Waals surface area contributed by atoms with E-state index in [0.29, 0.717) is 18.4 Å². The lowest BCUT2D eigenvalue weighted by Crippen LogP contribution is -2.39. The molecule has 1 rings (SSSR count). The van der Waals surface area contributed by atoms with Gasteiger partial charge in [0, 0.05) is 0 Å². The maximum absolute atomic E-state index is 12.8. The average molecular weight is 538 g/mol. The molecule has 2 N–H and O–H groups in total. The standard InChI is InChI=1S/C28H43NO9/c1-10-27(6,7)24(31)37-21-14-13-19(16-22(21)38-25(32)28(8,9)11-2)15-20(29)23(30)35-17(4)18(5)36-26(33)34-12-3/h13-14,16-18,20H,10-12,15,29H2,1-9H3/t17-,18?,20-/m0/s1. The van der Waals surface area contributed by atoms with Gasteiger partial charge in [-0.05, 0) is 85.4 Å². The highest BCUT2D eigenvalue weighted by molar-refractivity contribution is 5.81. The number of nitrogens with two attached hydrogens (primary N) is 1. The summed E-state index contributed by atoms with van der Waals surface area (Å²) < 4.78 is 26.4. The Morgan fingerprint density at radius 1 is 0.816 bits per heavy atom. The summed E-state index contributed by atoms with van der Waals surface area (Å²) in [7, 11) is 0. The van der Waals surface area contributed by atoms with Crippen molar-refractivity contribution < 1.29 is 42.9 Å². The number of esters is 3. The van der Waals surface area contributed by atoms with Crippen molar-refractivity contribution in [1.29, 1.82) is 0 Å². The molecule has 1 aromatic carbocycles. The molecular weight excluding hydrogens is 494 g/mol. The van der Waals surface area contributed by atoms with E-state index in [1.54, 1.807) is 54.5 Å². The summed E-state index contributed by atoms with van der Waals surface area (Å²) in [6, 6.07) is 3.60. The van der Waals surface area contributed by atoms with Gasteiger partial charge in [-0.25, -0.2) is 4.79 Å². The van der Waals surface area contributed by atoms with Gasteiger partial charge in [0.15, 0.2) is 11.5 Å². The Morgan fingerprint density at radius 2 is 1.32 bits per heavy atom. The summed E-state index contributed by atoms with van der Waals surface area (Å²) >= 11 is 0. The minimum Gasteiger partial charge on any atom is -0.458 e. The lowest BCUT2D eigenvalue weighted by molar-refractivity contribution is -0.155. The van der Waals surface area contributed by atoms with Crippen LogP contribution in [0.15, 0.2) is 18.2 Å². The van der Waals surface area contributed by atoms with Crippen LogP contribution in [-0.4, -0.2) is 48.9 Å². The Bertz CT molecular complexity index is 987. The normalized spacial score (nSPS) is 14.1. The zero-order chi connectivity index (χ0) is 29.3. The van der Waals surface area contributed by atoms with E-state index in [2.05, 4.69) is 0 Å². The van der Waals surface area contributed by atoms with Gasteiger partial charge in [-0.2, -0.15) is 0 Å². The SMILES string of the molecule is CCOC(=O)OC(C)[C@H](C)OC(=O)[C@@H](N)Cc1ccc(OC(=O)C(C)(C)CC)c(OC(=O)C(C)(C)CC)c1. The molecule has 0 aromatic heterocycles. The van der Waals surface area contributed by atoms with E-state index in [0.717, 1.165) is 0 Å². The molecular formula is C28H43NO9. The highest BCUT2D eigenvalue weighted by Crippen LogP contribution is 2.34. The van der Waals surface area contributed by atoms with E-state index in [4.69, 9.17) is 29.4 Å². The van der Waals surface area contributed by atoms with Crippen LogP contribution in [0.3, 0.4) is 0 Å². The Balaban J connectivity index is 3.08. The molecule has 0 radical (unpaired) electrons. The first-order chi connectivity index (χ1) is 17.6. The molecule has 214 valence electrons. The van der Waals surface area contributed by atoms with Crippen molar-refractivity contribution >= 4 is 24.1 Å². The molecule has 0 heterocycles. The number of ether oxygens (including phenoxy) is 5. The van der Waals surface area contributed by atoms with Gasteiger partial charge in [0.25, 0.3) is 0 Å². The van der Waals surface area contributed by atoms with Gasteiger partial charge in [-0.1, -0.05) is 19.9 Å². The van der Waals surface area contributed by atoms with Crippen molar-refractivity contribution in [1.82, 2.24) is 0 Å². The second-order valence-corrected chi connectivity index (χ2v) is 10.5. The molecule has 0 fully saturated rings. The fourth-order valence-electron chi connectivity index (χ4n) is 2.71. The Hall–Kier alpha value is -3.14. The predicted octanol–water partition coefficient (Wildman–Crippen LogP) is 4.73. The molecule has 0 aliphatic rings. The van der Waals surface area contributed by atoms with Gasteiger partial charge < -0.3 is 29.4 Å². The number of benzene rings is 1. The van der Waals surface area contributed by atoms with Crippen molar-refractivity contribution in [2.24, 2.45) is 16.6 Å². The highest BCUT2D eigenvalue weighted by atomic mass is 16.7. The third kappa shape index (κ3) is 9.63. The Morgan fingerprint density at radius 3 is 1.82 bits per heavy atom. The summed E-state index contributed by atoms with van der Waals surface area (Å²) in [6.45, 7) is 15.7. The van der Waals surface area contributed by atoms with Crippen LogP contribution >= 0.6 is 0 Å². The zero-order valence-electron chi connectivity index (χ0n) is 24.0. The van der Waals surface area contributed by atoms with Crippen molar-refractivity contribution in [3.05, 3.63) is 23.8 Å². The van der Waals surface area contributed by atoms with Crippen LogP contribution in [0.4, 0.5) is 4.79 Å². The Kier molecular flexibility index (Phi) is 12.2. The van der Waals surface area contributed by atoms with E-state index >= 15 is 0 Å².